The molecule has 0 fully saturated rings. The standard InChI is InChI=1S/C21H22ClN3O3/c1-3-6-13-11-17-19(21(26)25(13)9-10-27-2)18(15(12-23)20(24)28-17)14-7-4-5-8-16(14)22/h4-5,7-8,11,18H,3,6,9-10,24H2,1-2H3. The summed E-state index contributed by atoms with van der Waals surface area (Å²) in [6.45, 7) is 2.85. The first kappa shape index (κ1) is 20.0. The van der Waals surface area contributed by atoms with Crippen molar-refractivity contribution in [3.63, 3.8) is 0 Å². The molecule has 3 rings (SSSR count). The molecule has 1 aliphatic heterocycles. The third-order valence-electron chi connectivity index (χ3n) is 4.81. The number of nitriles is 1. The maximum atomic E-state index is 13.5. The molecule has 28 heavy (non-hydrogen) atoms. The number of nitrogens with two attached hydrogens (primary N) is 1. The molecule has 2 heterocycles. The normalized spacial score (nSPS) is 15.7. The second-order valence-electron chi connectivity index (χ2n) is 6.56. The summed E-state index contributed by atoms with van der Waals surface area (Å²) in [5, 5.41) is 10.2. The zero-order valence-electron chi connectivity index (χ0n) is 15.9. The number of allylic oxidation sites excluding steroid dienone is 1. The highest BCUT2D eigenvalue weighted by Gasteiger charge is 2.35. The molecule has 2 aromatic rings. The summed E-state index contributed by atoms with van der Waals surface area (Å²) >= 11 is 6.41. The number of aryl methyl sites for hydroxylation is 1. The number of nitrogens with zero attached hydrogens (tertiary/aromatic N) is 2. The Hall–Kier alpha value is -2.75. The van der Waals surface area contributed by atoms with Gasteiger partial charge in [-0.3, -0.25) is 4.79 Å². The van der Waals surface area contributed by atoms with Gasteiger partial charge in [0.2, 0.25) is 5.88 Å². The third-order valence-corrected chi connectivity index (χ3v) is 5.15. The number of ether oxygens (including phenoxy) is 2. The predicted molar refractivity (Wildman–Crippen MR) is 107 cm³/mol. The van der Waals surface area contributed by atoms with Crippen LogP contribution in [0.3, 0.4) is 0 Å². The number of halogens is 1. The van der Waals surface area contributed by atoms with Crippen molar-refractivity contribution in [2.24, 2.45) is 5.73 Å². The molecule has 1 aliphatic rings. The number of aromatic nitrogens is 1. The molecule has 6 nitrogen and oxygen atoms in total. The Balaban J connectivity index is 2.30. The van der Waals surface area contributed by atoms with E-state index in [4.69, 9.17) is 26.8 Å². The molecule has 1 aromatic carbocycles. The van der Waals surface area contributed by atoms with E-state index in [1.807, 2.05) is 19.1 Å². The van der Waals surface area contributed by atoms with Gasteiger partial charge in [-0.25, -0.2) is 0 Å². The first-order chi connectivity index (χ1) is 13.5. The van der Waals surface area contributed by atoms with Gasteiger partial charge in [-0.2, -0.15) is 5.26 Å². The molecular weight excluding hydrogens is 378 g/mol. The van der Waals surface area contributed by atoms with Crippen LogP contribution in [0.25, 0.3) is 0 Å². The first-order valence-corrected chi connectivity index (χ1v) is 9.48. The molecule has 2 N–H and O–H groups in total. The Labute approximate surface area is 168 Å². The average Bonchev–Trinajstić information content (AvgIpc) is 2.67. The zero-order chi connectivity index (χ0) is 20.3. The molecule has 1 unspecified atom stereocenters. The number of fused-ring (bicyclic) bond motifs is 1. The van der Waals surface area contributed by atoms with Crippen molar-refractivity contribution in [1.29, 1.82) is 5.26 Å². The van der Waals surface area contributed by atoms with Gasteiger partial charge >= 0.3 is 0 Å². The van der Waals surface area contributed by atoms with Gasteiger partial charge in [0.1, 0.15) is 17.4 Å². The third kappa shape index (κ3) is 3.51. The predicted octanol–water partition coefficient (Wildman–Crippen LogP) is 3.32. The number of benzene rings is 1. The van der Waals surface area contributed by atoms with Crippen molar-refractivity contribution < 1.29 is 9.47 Å². The second-order valence-corrected chi connectivity index (χ2v) is 6.97. The average molecular weight is 400 g/mol. The molecule has 0 amide bonds. The zero-order valence-corrected chi connectivity index (χ0v) is 16.6. The van der Waals surface area contributed by atoms with Crippen LogP contribution in [0, 0.1) is 11.3 Å². The summed E-state index contributed by atoms with van der Waals surface area (Å²) in [6.07, 6.45) is 1.58. The van der Waals surface area contributed by atoms with E-state index in [9.17, 15) is 10.1 Å². The maximum Gasteiger partial charge on any atom is 0.258 e. The van der Waals surface area contributed by atoms with Gasteiger partial charge in [-0.05, 0) is 18.1 Å². The van der Waals surface area contributed by atoms with Crippen molar-refractivity contribution in [1.82, 2.24) is 4.57 Å². The molecule has 0 radical (unpaired) electrons. The van der Waals surface area contributed by atoms with Crippen LogP contribution in [0.2, 0.25) is 5.02 Å². The largest absolute Gasteiger partial charge is 0.440 e. The Bertz CT molecular complexity index is 1020. The van der Waals surface area contributed by atoms with E-state index >= 15 is 0 Å². The molecule has 0 saturated carbocycles. The minimum absolute atomic E-state index is 0.00332. The van der Waals surface area contributed by atoms with Gasteiger partial charge in [-0.1, -0.05) is 43.1 Å². The van der Waals surface area contributed by atoms with Crippen LogP contribution in [0.1, 0.15) is 36.1 Å². The lowest BCUT2D eigenvalue weighted by molar-refractivity contribution is 0.185. The molecule has 1 atom stereocenters. The van der Waals surface area contributed by atoms with Crippen LogP contribution in [-0.2, 0) is 17.7 Å². The van der Waals surface area contributed by atoms with E-state index in [1.54, 1.807) is 29.9 Å². The monoisotopic (exact) mass is 399 g/mol. The quantitative estimate of drug-likeness (QED) is 0.804. The molecule has 7 heteroatoms. The molecule has 1 aromatic heterocycles. The lowest BCUT2D eigenvalue weighted by Crippen LogP contribution is -2.34. The topological polar surface area (TPSA) is 90.3 Å². The van der Waals surface area contributed by atoms with Crippen LogP contribution in [0.4, 0.5) is 0 Å². The fourth-order valence-corrected chi connectivity index (χ4v) is 3.77. The van der Waals surface area contributed by atoms with E-state index in [-0.39, 0.29) is 17.0 Å². The van der Waals surface area contributed by atoms with Crippen LogP contribution in [0.5, 0.6) is 5.75 Å². The van der Waals surface area contributed by atoms with Crippen molar-refractivity contribution in [3.05, 3.63) is 74.0 Å². The highest BCUT2D eigenvalue weighted by molar-refractivity contribution is 6.31. The number of rotatable bonds is 6. The number of methoxy groups -OCH3 is 1. The summed E-state index contributed by atoms with van der Waals surface area (Å²) in [5.41, 5.74) is 7.86. The summed E-state index contributed by atoms with van der Waals surface area (Å²) < 4.78 is 12.6. The number of hydrogen-bond donors (Lipinski definition) is 1. The van der Waals surface area contributed by atoms with E-state index in [0.717, 1.165) is 12.1 Å². The Morgan fingerprint density at radius 1 is 1.39 bits per heavy atom. The van der Waals surface area contributed by atoms with Crippen LogP contribution in [-0.4, -0.2) is 18.3 Å². The summed E-state index contributed by atoms with van der Waals surface area (Å²) in [4.78, 5) is 13.5. The van der Waals surface area contributed by atoms with E-state index in [1.165, 1.54) is 0 Å². The highest BCUT2D eigenvalue weighted by Crippen LogP contribution is 2.42. The van der Waals surface area contributed by atoms with Crippen molar-refractivity contribution >= 4 is 11.6 Å². The van der Waals surface area contributed by atoms with Crippen LogP contribution in [0.15, 0.2) is 46.6 Å². The maximum absolute atomic E-state index is 13.5. The van der Waals surface area contributed by atoms with Crippen LogP contribution < -0.4 is 16.0 Å². The van der Waals surface area contributed by atoms with Gasteiger partial charge in [0.25, 0.3) is 5.56 Å². The van der Waals surface area contributed by atoms with E-state index in [2.05, 4.69) is 6.07 Å². The van der Waals surface area contributed by atoms with E-state index < -0.39 is 5.92 Å². The molecule has 0 spiro atoms. The molecule has 146 valence electrons. The minimum Gasteiger partial charge on any atom is -0.440 e. The van der Waals surface area contributed by atoms with Crippen molar-refractivity contribution in [3.8, 4) is 11.8 Å². The summed E-state index contributed by atoms with van der Waals surface area (Å²) in [7, 11) is 1.59. The van der Waals surface area contributed by atoms with Gasteiger partial charge in [0.15, 0.2) is 0 Å². The molecular formula is C21H22ClN3O3. The van der Waals surface area contributed by atoms with Crippen LogP contribution >= 0.6 is 11.6 Å². The summed E-state index contributed by atoms with van der Waals surface area (Å²) in [5.74, 6) is -0.306. The molecule has 0 bridgehead atoms. The summed E-state index contributed by atoms with van der Waals surface area (Å²) in [6, 6.07) is 11.1. The molecule has 0 aliphatic carbocycles. The van der Waals surface area contributed by atoms with Crippen molar-refractivity contribution in [2.75, 3.05) is 13.7 Å². The Kier molecular flexibility index (Phi) is 6.08. The molecule has 0 saturated heterocycles. The van der Waals surface area contributed by atoms with E-state index in [0.29, 0.717) is 41.5 Å². The SMILES string of the molecule is CCCc1cc2c(c(=O)n1CCOC)C(c1ccccc1Cl)C(C#N)=C(N)O2. The first-order valence-electron chi connectivity index (χ1n) is 9.11. The fourth-order valence-electron chi connectivity index (χ4n) is 3.53. The second kappa shape index (κ2) is 8.51. The van der Waals surface area contributed by atoms with Gasteiger partial charge in [-0.15, -0.1) is 0 Å². The smallest absolute Gasteiger partial charge is 0.258 e. The number of pyridine rings is 1. The van der Waals surface area contributed by atoms with Gasteiger partial charge in [0.05, 0.1) is 18.1 Å². The van der Waals surface area contributed by atoms with Gasteiger partial charge in [0, 0.05) is 30.4 Å². The lowest BCUT2D eigenvalue weighted by atomic mass is 9.84. The highest BCUT2D eigenvalue weighted by atomic mass is 35.5. The van der Waals surface area contributed by atoms with Gasteiger partial charge < -0.3 is 19.8 Å². The minimum atomic E-state index is -0.681. The van der Waals surface area contributed by atoms with Crippen molar-refractivity contribution in [2.45, 2.75) is 32.2 Å². The fraction of sp³-hybridized carbons (Fsp3) is 0.333. The Morgan fingerprint density at radius 3 is 2.79 bits per heavy atom. The number of hydrogen-bond acceptors (Lipinski definition) is 5. The Morgan fingerprint density at radius 2 is 2.14 bits per heavy atom. The lowest BCUT2D eigenvalue weighted by Gasteiger charge is -2.28.